The molecule has 0 saturated heterocycles. The second kappa shape index (κ2) is 5.84. The van der Waals surface area contributed by atoms with E-state index in [4.69, 9.17) is 0 Å². The van der Waals surface area contributed by atoms with Gasteiger partial charge in [0.15, 0.2) is 0 Å². The van der Waals surface area contributed by atoms with Crippen LogP contribution in [0.5, 0.6) is 0 Å². The van der Waals surface area contributed by atoms with Crippen LogP contribution in [0, 0.1) is 0 Å². The maximum Gasteiger partial charge on any atom is 0.458 e. The lowest BCUT2D eigenvalue weighted by Crippen LogP contribution is -1.87. The zero-order chi connectivity index (χ0) is 8.65. The maximum absolute atomic E-state index is 10.1. The Balaban J connectivity index is 2.20. The first-order valence-electron chi connectivity index (χ1n) is 4.22. The summed E-state index contributed by atoms with van der Waals surface area (Å²) in [6.07, 6.45) is 3.25. The first-order chi connectivity index (χ1) is 5.93. The second-order valence-electron chi connectivity index (χ2n) is 2.76. The first kappa shape index (κ1) is 9.33. The minimum Gasteiger partial charge on any atom is -0.0622 e. The van der Waals surface area contributed by atoms with Gasteiger partial charge in [-0.05, 0) is 18.4 Å². The van der Waals surface area contributed by atoms with Crippen molar-refractivity contribution in [2.75, 3.05) is 5.75 Å². The third-order valence-corrected chi connectivity index (χ3v) is 2.24. The van der Waals surface area contributed by atoms with E-state index >= 15 is 0 Å². The second-order valence-corrected chi connectivity index (χ2v) is 3.41. The molecule has 12 heavy (non-hydrogen) atoms. The van der Waals surface area contributed by atoms with Gasteiger partial charge in [0.1, 0.15) is 0 Å². The lowest BCUT2D eigenvalue weighted by molar-refractivity contribution is 0.603. The predicted octanol–water partition coefficient (Wildman–Crippen LogP) is 2.44. The summed E-state index contributed by atoms with van der Waals surface area (Å²) in [5, 5.41) is 0. The van der Waals surface area contributed by atoms with Gasteiger partial charge in [0.05, 0.1) is 0 Å². The highest BCUT2D eigenvalue weighted by Gasteiger charge is 1.97. The first-order valence-corrected chi connectivity index (χ1v) is 5.13. The Hall–Kier alpha value is -0.760. The van der Waals surface area contributed by atoms with Crippen molar-refractivity contribution in [2.45, 2.75) is 19.3 Å². The summed E-state index contributed by atoms with van der Waals surface area (Å²) in [5.74, 6) is 0.743. The molecule has 0 heterocycles. The fourth-order valence-electron chi connectivity index (χ4n) is 1.13. The summed E-state index contributed by atoms with van der Waals surface area (Å²) in [6.45, 7) is 0. The molecule has 0 atom stereocenters. The van der Waals surface area contributed by atoms with Gasteiger partial charge in [-0.3, -0.25) is 0 Å². The largest absolute Gasteiger partial charge is 0.458 e. The Morgan fingerprint density at radius 3 is 2.50 bits per heavy atom. The van der Waals surface area contributed by atoms with Gasteiger partial charge >= 0.3 is 11.7 Å². The van der Waals surface area contributed by atoms with Gasteiger partial charge in [-0.25, -0.2) is 0 Å². The van der Waals surface area contributed by atoms with Crippen LogP contribution in [0.3, 0.4) is 0 Å². The molecule has 0 unspecified atom stereocenters. The topological polar surface area (TPSA) is 17.1 Å². The van der Waals surface area contributed by atoms with Gasteiger partial charge < -0.3 is 0 Å². The zero-order valence-corrected chi connectivity index (χ0v) is 7.85. The SMILES string of the molecule is O=[S+]CCCCc1ccccc1. The number of unbranched alkanes of at least 4 members (excludes halogenated alkanes) is 1. The molecule has 1 aromatic carbocycles. The van der Waals surface area contributed by atoms with E-state index in [1.54, 1.807) is 0 Å². The Labute approximate surface area is 77.3 Å². The Morgan fingerprint density at radius 2 is 1.83 bits per heavy atom. The highest BCUT2D eigenvalue weighted by atomic mass is 32.1. The fourth-order valence-corrected chi connectivity index (χ4v) is 1.46. The molecule has 0 N–H and O–H groups in total. The van der Waals surface area contributed by atoms with Crippen molar-refractivity contribution in [2.24, 2.45) is 0 Å². The predicted molar refractivity (Wildman–Crippen MR) is 52.3 cm³/mol. The summed E-state index contributed by atoms with van der Waals surface area (Å²) in [6, 6.07) is 10.4. The van der Waals surface area contributed by atoms with Crippen LogP contribution in [0.1, 0.15) is 18.4 Å². The van der Waals surface area contributed by atoms with E-state index in [0.29, 0.717) is 11.7 Å². The zero-order valence-electron chi connectivity index (χ0n) is 7.03. The van der Waals surface area contributed by atoms with Crippen molar-refractivity contribution in [3.8, 4) is 0 Å². The van der Waals surface area contributed by atoms with Crippen molar-refractivity contribution in [1.29, 1.82) is 0 Å². The van der Waals surface area contributed by atoms with Gasteiger partial charge in [-0.15, -0.1) is 0 Å². The van der Waals surface area contributed by atoms with E-state index in [1.165, 1.54) is 5.56 Å². The molecule has 0 aliphatic rings. The molecule has 0 aliphatic carbocycles. The average Bonchev–Trinajstić information content (AvgIpc) is 2.14. The van der Waals surface area contributed by atoms with Gasteiger partial charge in [-0.1, -0.05) is 30.3 Å². The molecule has 0 radical (unpaired) electrons. The fraction of sp³-hybridized carbons (Fsp3) is 0.400. The van der Waals surface area contributed by atoms with E-state index in [1.807, 2.05) is 6.07 Å². The molecule has 64 valence electrons. The molecule has 0 saturated carbocycles. The van der Waals surface area contributed by atoms with Crippen LogP contribution in [0.25, 0.3) is 0 Å². The number of hydrogen-bond acceptors (Lipinski definition) is 1. The standard InChI is InChI=1S/C10H13OS/c11-12-9-5-4-8-10-6-2-1-3-7-10/h1-3,6-7H,4-5,8-9H2/q+1. The van der Waals surface area contributed by atoms with Gasteiger partial charge in [-0.2, -0.15) is 0 Å². The molecule has 0 amide bonds. The quantitative estimate of drug-likeness (QED) is 0.503. The van der Waals surface area contributed by atoms with Crippen molar-refractivity contribution >= 4 is 11.7 Å². The number of rotatable bonds is 5. The molecule has 0 bridgehead atoms. The number of aryl methyl sites for hydroxylation is 1. The molecule has 0 spiro atoms. The Kier molecular flexibility index (Phi) is 4.54. The third-order valence-electron chi connectivity index (χ3n) is 1.79. The molecule has 1 nitrogen and oxygen atoms in total. The summed E-state index contributed by atoms with van der Waals surface area (Å²) in [5.41, 5.74) is 1.37. The highest BCUT2D eigenvalue weighted by Crippen LogP contribution is 2.03. The summed E-state index contributed by atoms with van der Waals surface area (Å²) >= 11 is 0.687. The third kappa shape index (κ3) is 3.58. The normalized spacial score (nSPS) is 9.67. The summed E-state index contributed by atoms with van der Waals surface area (Å²) < 4.78 is 10.1. The Bertz CT molecular complexity index is 221. The average molecular weight is 181 g/mol. The molecular formula is C10H13OS+. The lowest BCUT2D eigenvalue weighted by atomic mass is 10.1. The molecule has 0 fully saturated rings. The van der Waals surface area contributed by atoms with Crippen molar-refractivity contribution in [3.05, 3.63) is 35.9 Å². The molecule has 2 heteroatoms. The monoisotopic (exact) mass is 181 g/mol. The molecular weight excluding hydrogens is 168 g/mol. The number of benzene rings is 1. The van der Waals surface area contributed by atoms with E-state index < -0.39 is 0 Å². The molecule has 0 aliphatic heterocycles. The van der Waals surface area contributed by atoms with Crippen LogP contribution >= 0.6 is 0 Å². The van der Waals surface area contributed by atoms with Crippen LogP contribution in [0.15, 0.2) is 30.3 Å². The van der Waals surface area contributed by atoms with Crippen LogP contribution in [0.2, 0.25) is 0 Å². The van der Waals surface area contributed by atoms with Crippen LogP contribution in [-0.2, 0) is 22.3 Å². The molecule has 0 aromatic heterocycles. The minimum atomic E-state index is 0.687. The Morgan fingerprint density at radius 1 is 1.08 bits per heavy atom. The minimum absolute atomic E-state index is 0.687. The van der Waals surface area contributed by atoms with Crippen LogP contribution in [-0.4, -0.2) is 5.75 Å². The van der Waals surface area contributed by atoms with Crippen LogP contribution in [0.4, 0.5) is 0 Å². The summed E-state index contributed by atoms with van der Waals surface area (Å²) in [4.78, 5) is 0. The van der Waals surface area contributed by atoms with Crippen LogP contribution < -0.4 is 0 Å². The van der Waals surface area contributed by atoms with E-state index in [0.717, 1.165) is 25.0 Å². The van der Waals surface area contributed by atoms with E-state index in [-0.39, 0.29) is 0 Å². The van der Waals surface area contributed by atoms with E-state index in [9.17, 15) is 4.21 Å². The lowest BCUT2D eigenvalue weighted by Gasteiger charge is -1.96. The number of hydrogen-bond donors (Lipinski definition) is 0. The summed E-state index contributed by atoms with van der Waals surface area (Å²) in [7, 11) is 0. The van der Waals surface area contributed by atoms with Crippen molar-refractivity contribution in [3.63, 3.8) is 0 Å². The van der Waals surface area contributed by atoms with Crippen molar-refractivity contribution < 1.29 is 4.21 Å². The van der Waals surface area contributed by atoms with Crippen molar-refractivity contribution in [1.82, 2.24) is 0 Å². The van der Waals surface area contributed by atoms with Gasteiger partial charge in [0.2, 0.25) is 5.75 Å². The smallest absolute Gasteiger partial charge is 0.0622 e. The maximum atomic E-state index is 10.1. The molecule has 1 rings (SSSR count). The van der Waals surface area contributed by atoms with E-state index in [2.05, 4.69) is 24.3 Å². The van der Waals surface area contributed by atoms with Gasteiger partial charge in [0, 0.05) is 10.6 Å². The van der Waals surface area contributed by atoms with Gasteiger partial charge in [0.25, 0.3) is 0 Å². The molecule has 1 aromatic rings. The highest BCUT2D eigenvalue weighted by molar-refractivity contribution is 7.65.